The predicted octanol–water partition coefficient (Wildman–Crippen LogP) is 3.98. The molecule has 0 spiro atoms. The van der Waals surface area contributed by atoms with Gasteiger partial charge in [-0.05, 0) is 62.2 Å². The van der Waals surface area contributed by atoms with Crippen molar-refractivity contribution in [1.29, 1.82) is 0 Å². The van der Waals surface area contributed by atoms with Gasteiger partial charge in [-0.25, -0.2) is 17.5 Å². The number of aryl methyl sites for hydroxylation is 2. The Bertz CT molecular complexity index is 1460. The lowest BCUT2D eigenvalue weighted by Crippen LogP contribution is -2.54. The van der Waals surface area contributed by atoms with Crippen LogP contribution in [0.2, 0.25) is 0 Å². The van der Waals surface area contributed by atoms with E-state index >= 15 is 0 Å². The molecule has 0 aliphatic carbocycles. The van der Waals surface area contributed by atoms with Crippen molar-refractivity contribution in [2.24, 2.45) is 0 Å². The number of rotatable bonds is 6. The quantitative estimate of drug-likeness (QED) is 0.404. The van der Waals surface area contributed by atoms with Crippen LogP contribution in [0.1, 0.15) is 25.8 Å². The number of sulfonamides is 1. The molecule has 10 heteroatoms. The van der Waals surface area contributed by atoms with Gasteiger partial charge in [0.25, 0.3) is 0 Å². The standard InChI is InChI=1S/C25H29FN6O2S/c1-4-11-30-17-22(14-27-30)35(33,34)31-13-12-29(16-18(31)2)24-9-10-25-23(19(24)3)15-28-32(25)21-7-5-20(26)6-8-21/h5-10,14-15,17-18H,4,11-13,16H2,1-3H3. The molecule has 1 unspecified atom stereocenters. The molecule has 2 aromatic carbocycles. The minimum absolute atomic E-state index is 0.194. The monoisotopic (exact) mass is 496 g/mol. The second kappa shape index (κ2) is 9.09. The van der Waals surface area contributed by atoms with Crippen molar-refractivity contribution in [3.8, 4) is 5.69 Å². The summed E-state index contributed by atoms with van der Waals surface area (Å²) in [6.07, 6.45) is 5.79. The van der Waals surface area contributed by atoms with Gasteiger partial charge in [0, 0.05) is 49.5 Å². The predicted molar refractivity (Wildman–Crippen MR) is 134 cm³/mol. The summed E-state index contributed by atoms with van der Waals surface area (Å²) in [6, 6.07) is 10.1. The SMILES string of the molecule is CCCn1cc(S(=O)(=O)N2CCN(c3ccc4c(cnn4-c4ccc(F)cc4)c3C)CC2C)cn1. The molecular weight excluding hydrogens is 467 g/mol. The Morgan fingerprint density at radius 2 is 1.83 bits per heavy atom. The van der Waals surface area contributed by atoms with Crippen LogP contribution >= 0.6 is 0 Å². The Morgan fingerprint density at radius 3 is 2.54 bits per heavy atom. The van der Waals surface area contributed by atoms with E-state index in [-0.39, 0.29) is 16.8 Å². The zero-order chi connectivity index (χ0) is 24.7. The largest absolute Gasteiger partial charge is 0.368 e. The molecule has 1 atom stereocenters. The van der Waals surface area contributed by atoms with Crippen LogP contribution in [0.4, 0.5) is 10.1 Å². The van der Waals surface area contributed by atoms with Crippen molar-refractivity contribution < 1.29 is 12.8 Å². The van der Waals surface area contributed by atoms with Crippen LogP contribution in [0.3, 0.4) is 0 Å². The third-order valence-electron chi connectivity index (χ3n) is 6.64. The van der Waals surface area contributed by atoms with Gasteiger partial charge in [-0.15, -0.1) is 0 Å². The van der Waals surface area contributed by atoms with Crippen LogP contribution in [-0.4, -0.2) is 58.0 Å². The van der Waals surface area contributed by atoms with Crippen molar-refractivity contribution in [2.45, 2.75) is 44.7 Å². The zero-order valence-corrected chi connectivity index (χ0v) is 20.9. The summed E-state index contributed by atoms with van der Waals surface area (Å²) >= 11 is 0. The number of benzene rings is 2. The van der Waals surface area contributed by atoms with Crippen molar-refractivity contribution in [2.75, 3.05) is 24.5 Å². The first-order valence-corrected chi connectivity index (χ1v) is 13.3. The van der Waals surface area contributed by atoms with Crippen molar-refractivity contribution in [1.82, 2.24) is 23.9 Å². The van der Waals surface area contributed by atoms with E-state index in [1.807, 2.05) is 26.1 Å². The zero-order valence-electron chi connectivity index (χ0n) is 20.1. The fraction of sp³-hybridized carbons (Fsp3) is 0.360. The van der Waals surface area contributed by atoms with Gasteiger partial charge in [0.05, 0.1) is 23.6 Å². The lowest BCUT2D eigenvalue weighted by Gasteiger charge is -2.40. The van der Waals surface area contributed by atoms with E-state index in [0.717, 1.165) is 34.3 Å². The Kier molecular flexibility index (Phi) is 6.10. The van der Waals surface area contributed by atoms with Gasteiger partial charge < -0.3 is 4.90 Å². The molecule has 1 aliphatic rings. The molecule has 35 heavy (non-hydrogen) atoms. The molecule has 1 fully saturated rings. The number of hydrogen-bond donors (Lipinski definition) is 0. The van der Waals surface area contributed by atoms with Crippen LogP contribution in [0.25, 0.3) is 16.6 Å². The van der Waals surface area contributed by atoms with E-state index in [9.17, 15) is 12.8 Å². The molecular formula is C25H29FN6O2S. The fourth-order valence-electron chi connectivity index (χ4n) is 4.84. The van der Waals surface area contributed by atoms with Crippen LogP contribution in [0.5, 0.6) is 0 Å². The molecule has 3 heterocycles. The first kappa shape index (κ1) is 23.5. The molecule has 184 valence electrons. The van der Waals surface area contributed by atoms with Gasteiger partial charge in [0.2, 0.25) is 10.0 Å². The van der Waals surface area contributed by atoms with Crippen molar-refractivity contribution in [3.05, 3.63) is 66.4 Å². The first-order chi connectivity index (χ1) is 16.8. The Balaban J connectivity index is 1.38. The topological polar surface area (TPSA) is 76.3 Å². The van der Waals surface area contributed by atoms with Crippen molar-refractivity contribution >= 4 is 26.6 Å². The number of anilines is 1. The number of fused-ring (bicyclic) bond motifs is 1. The first-order valence-electron chi connectivity index (χ1n) is 11.8. The summed E-state index contributed by atoms with van der Waals surface area (Å²) in [6.45, 7) is 8.30. The summed E-state index contributed by atoms with van der Waals surface area (Å²) in [7, 11) is -3.61. The average Bonchev–Trinajstić information content (AvgIpc) is 3.48. The third kappa shape index (κ3) is 4.21. The van der Waals surface area contributed by atoms with E-state index in [1.54, 1.807) is 32.0 Å². The smallest absolute Gasteiger partial charge is 0.246 e. The molecule has 0 radical (unpaired) electrons. The van der Waals surface area contributed by atoms with E-state index in [4.69, 9.17) is 0 Å². The highest BCUT2D eigenvalue weighted by atomic mass is 32.2. The normalized spacial score (nSPS) is 17.4. The summed E-state index contributed by atoms with van der Waals surface area (Å²) in [4.78, 5) is 2.48. The van der Waals surface area contributed by atoms with Gasteiger partial charge in [0.15, 0.2) is 0 Å². The molecule has 8 nitrogen and oxygen atoms in total. The van der Waals surface area contributed by atoms with Crippen LogP contribution in [-0.2, 0) is 16.6 Å². The van der Waals surface area contributed by atoms with Crippen LogP contribution in [0, 0.1) is 12.7 Å². The highest BCUT2D eigenvalue weighted by molar-refractivity contribution is 7.89. The molecule has 4 aromatic rings. The highest BCUT2D eigenvalue weighted by Crippen LogP contribution is 2.32. The summed E-state index contributed by atoms with van der Waals surface area (Å²) in [5.74, 6) is -0.284. The third-order valence-corrected chi connectivity index (χ3v) is 8.61. The van der Waals surface area contributed by atoms with E-state index in [2.05, 4.69) is 28.1 Å². The van der Waals surface area contributed by atoms with E-state index in [0.29, 0.717) is 26.2 Å². The van der Waals surface area contributed by atoms with Gasteiger partial charge in [0.1, 0.15) is 10.7 Å². The number of nitrogens with zero attached hydrogens (tertiary/aromatic N) is 6. The second-order valence-corrected chi connectivity index (χ2v) is 10.9. The maximum absolute atomic E-state index is 13.3. The lowest BCUT2D eigenvalue weighted by molar-refractivity contribution is 0.306. The molecule has 0 saturated carbocycles. The number of aromatic nitrogens is 4. The number of hydrogen-bond acceptors (Lipinski definition) is 5. The second-order valence-electron chi connectivity index (χ2n) is 9.03. The van der Waals surface area contributed by atoms with Crippen LogP contribution < -0.4 is 4.90 Å². The van der Waals surface area contributed by atoms with Crippen LogP contribution in [0.15, 0.2) is 59.9 Å². The minimum atomic E-state index is -3.61. The molecule has 0 amide bonds. The highest BCUT2D eigenvalue weighted by Gasteiger charge is 2.35. The molecule has 1 aliphatic heterocycles. The van der Waals surface area contributed by atoms with Gasteiger partial charge in [-0.1, -0.05) is 6.92 Å². The van der Waals surface area contributed by atoms with Crippen molar-refractivity contribution in [3.63, 3.8) is 0 Å². The maximum Gasteiger partial charge on any atom is 0.246 e. The number of piperazine rings is 1. The van der Waals surface area contributed by atoms with E-state index < -0.39 is 10.0 Å². The Labute approximate surface area is 204 Å². The van der Waals surface area contributed by atoms with Gasteiger partial charge >= 0.3 is 0 Å². The summed E-state index contributed by atoms with van der Waals surface area (Å²) in [5, 5.41) is 9.74. The van der Waals surface area contributed by atoms with Gasteiger partial charge in [-0.2, -0.15) is 14.5 Å². The summed E-state index contributed by atoms with van der Waals surface area (Å²) in [5.41, 5.74) is 3.88. The number of halogens is 1. The molecule has 5 rings (SSSR count). The molecule has 0 N–H and O–H groups in total. The Hall–Kier alpha value is -3.24. The average molecular weight is 497 g/mol. The fourth-order valence-corrected chi connectivity index (χ4v) is 6.41. The molecule has 2 aromatic heterocycles. The lowest BCUT2D eigenvalue weighted by atomic mass is 10.1. The molecule has 0 bridgehead atoms. The van der Waals surface area contributed by atoms with Gasteiger partial charge in [-0.3, -0.25) is 4.68 Å². The Morgan fingerprint density at radius 1 is 1.06 bits per heavy atom. The minimum Gasteiger partial charge on any atom is -0.368 e. The summed E-state index contributed by atoms with van der Waals surface area (Å²) < 4.78 is 45.0. The molecule has 1 saturated heterocycles. The maximum atomic E-state index is 13.3. The van der Waals surface area contributed by atoms with E-state index in [1.165, 1.54) is 18.3 Å².